The van der Waals surface area contributed by atoms with Gasteiger partial charge in [-0.2, -0.15) is 0 Å². The topological polar surface area (TPSA) is 88.2 Å². The van der Waals surface area contributed by atoms with Crippen LogP contribution in [0.15, 0.2) is 15.9 Å². The lowest BCUT2D eigenvalue weighted by molar-refractivity contribution is 0.0512. The highest BCUT2D eigenvalue weighted by molar-refractivity contribution is 7.03. The van der Waals surface area contributed by atoms with Crippen LogP contribution in [0.4, 0.5) is 0 Å². The summed E-state index contributed by atoms with van der Waals surface area (Å²) in [6.07, 6.45) is 0. The van der Waals surface area contributed by atoms with Gasteiger partial charge in [0, 0.05) is 10.9 Å². The summed E-state index contributed by atoms with van der Waals surface area (Å²) in [6.45, 7) is 5.29. The Morgan fingerprint density at radius 3 is 2.84 bits per heavy atom. The maximum atomic E-state index is 11.7. The molecule has 19 heavy (non-hydrogen) atoms. The zero-order valence-electron chi connectivity index (χ0n) is 10.9. The summed E-state index contributed by atoms with van der Waals surface area (Å²) in [4.78, 5) is 11.7. The molecule has 1 atom stereocenters. The Hall–Kier alpha value is -1.73. The molecule has 2 aromatic rings. The van der Waals surface area contributed by atoms with Crippen molar-refractivity contribution >= 4 is 17.4 Å². The third-order valence-electron chi connectivity index (χ3n) is 2.81. The Morgan fingerprint density at radius 2 is 2.32 bits per heavy atom. The molecule has 0 aliphatic rings. The van der Waals surface area contributed by atoms with Gasteiger partial charge in [0.05, 0.1) is 6.54 Å². The molecule has 0 aromatic carbocycles. The minimum Gasteiger partial charge on any atom is -0.466 e. The van der Waals surface area contributed by atoms with Gasteiger partial charge in [0.2, 0.25) is 0 Å². The van der Waals surface area contributed by atoms with Crippen LogP contribution in [-0.4, -0.2) is 27.1 Å². The van der Waals surface area contributed by atoms with Gasteiger partial charge in [0.15, 0.2) is 5.69 Å². The minimum atomic E-state index is -1.19. The van der Waals surface area contributed by atoms with E-state index >= 15 is 0 Å². The first kappa shape index (κ1) is 13.7. The van der Waals surface area contributed by atoms with Crippen LogP contribution in [0.5, 0.6) is 0 Å². The first-order valence-electron chi connectivity index (χ1n) is 5.75. The fraction of sp³-hybridized carbons (Fsp3) is 0.417. The molecule has 0 unspecified atom stereocenters. The van der Waals surface area contributed by atoms with Gasteiger partial charge in [-0.25, -0.2) is 0 Å². The van der Waals surface area contributed by atoms with Crippen molar-refractivity contribution in [1.82, 2.24) is 14.9 Å². The van der Waals surface area contributed by atoms with Gasteiger partial charge < -0.3 is 14.8 Å². The van der Waals surface area contributed by atoms with E-state index in [1.165, 1.54) is 0 Å². The van der Waals surface area contributed by atoms with Crippen molar-refractivity contribution in [3.63, 3.8) is 0 Å². The number of hydrogen-bond acceptors (Lipinski definition) is 6. The van der Waals surface area contributed by atoms with E-state index in [1.54, 1.807) is 25.3 Å². The van der Waals surface area contributed by atoms with Crippen LogP contribution < -0.4 is 5.32 Å². The number of aromatic nitrogens is 2. The summed E-state index contributed by atoms with van der Waals surface area (Å²) in [5, 5.41) is 18.3. The van der Waals surface area contributed by atoms with E-state index in [4.69, 9.17) is 4.42 Å². The van der Waals surface area contributed by atoms with Crippen molar-refractivity contribution in [1.29, 1.82) is 0 Å². The Balaban J connectivity index is 2.06. The molecule has 0 aliphatic heterocycles. The van der Waals surface area contributed by atoms with Gasteiger partial charge in [0.1, 0.15) is 17.1 Å². The molecule has 0 fully saturated rings. The Labute approximate surface area is 114 Å². The molecular formula is C12H15N3O3S. The van der Waals surface area contributed by atoms with Gasteiger partial charge in [-0.15, -0.1) is 5.10 Å². The third-order valence-corrected chi connectivity index (χ3v) is 3.31. The molecule has 0 spiro atoms. The molecule has 0 aliphatic carbocycles. The van der Waals surface area contributed by atoms with Crippen LogP contribution in [0.1, 0.15) is 34.5 Å². The number of nitrogens with one attached hydrogen (secondary N) is 1. The Kier molecular flexibility index (Phi) is 3.68. The molecule has 0 radical (unpaired) electrons. The SMILES string of the molecule is Cc1cc([C@](C)(O)CNC(=O)c2csnn2)c(C)o1. The quantitative estimate of drug-likeness (QED) is 0.884. The second kappa shape index (κ2) is 5.10. The molecular weight excluding hydrogens is 266 g/mol. The van der Waals surface area contributed by atoms with E-state index in [-0.39, 0.29) is 18.1 Å². The van der Waals surface area contributed by atoms with Crippen molar-refractivity contribution in [2.24, 2.45) is 0 Å². The van der Waals surface area contributed by atoms with Crippen LogP contribution in [0.2, 0.25) is 0 Å². The summed E-state index contributed by atoms with van der Waals surface area (Å²) < 4.78 is 9.00. The molecule has 2 heterocycles. The zero-order chi connectivity index (χ0) is 14.0. The second-order valence-corrected chi connectivity index (χ2v) is 5.18. The lowest BCUT2D eigenvalue weighted by Crippen LogP contribution is -2.38. The summed E-state index contributed by atoms with van der Waals surface area (Å²) in [6, 6.07) is 1.77. The number of aliphatic hydroxyl groups is 1. The number of carbonyl (C=O) groups is 1. The lowest BCUT2D eigenvalue weighted by Gasteiger charge is -2.23. The molecule has 6 nitrogen and oxygen atoms in total. The van der Waals surface area contributed by atoms with E-state index in [0.717, 1.165) is 17.3 Å². The van der Waals surface area contributed by atoms with Crippen molar-refractivity contribution in [3.05, 3.63) is 34.2 Å². The normalized spacial score (nSPS) is 14.1. The van der Waals surface area contributed by atoms with E-state index < -0.39 is 5.60 Å². The van der Waals surface area contributed by atoms with E-state index in [9.17, 15) is 9.90 Å². The molecule has 7 heteroatoms. The first-order valence-corrected chi connectivity index (χ1v) is 6.59. The number of carbonyl (C=O) groups excluding carboxylic acids is 1. The number of hydrogen-bond donors (Lipinski definition) is 2. The summed E-state index contributed by atoms with van der Waals surface area (Å²) in [5.41, 5.74) is -0.274. The molecule has 0 bridgehead atoms. The van der Waals surface area contributed by atoms with Crippen molar-refractivity contribution in [3.8, 4) is 0 Å². The predicted octanol–water partition coefficient (Wildman–Crippen LogP) is 1.39. The van der Waals surface area contributed by atoms with Gasteiger partial charge in [-0.3, -0.25) is 4.79 Å². The number of nitrogens with zero attached hydrogens (tertiary/aromatic N) is 2. The highest BCUT2D eigenvalue weighted by atomic mass is 32.1. The van der Waals surface area contributed by atoms with E-state index in [0.29, 0.717) is 11.3 Å². The fourth-order valence-electron chi connectivity index (χ4n) is 1.87. The largest absolute Gasteiger partial charge is 0.466 e. The summed E-state index contributed by atoms with van der Waals surface area (Å²) in [7, 11) is 0. The Morgan fingerprint density at radius 1 is 1.58 bits per heavy atom. The molecule has 0 saturated heterocycles. The third kappa shape index (κ3) is 2.99. The maximum absolute atomic E-state index is 11.7. The number of rotatable bonds is 4. The predicted molar refractivity (Wildman–Crippen MR) is 70.0 cm³/mol. The molecule has 2 aromatic heterocycles. The number of amides is 1. The smallest absolute Gasteiger partial charge is 0.272 e. The van der Waals surface area contributed by atoms with Crippen LogP contribution >= 0.6 is 11.5 Å². The van der Waals surface area contributed by atoms with Gasteiger partial charge >= 0.3 is 0 Å². The van der Waals surface area contributed by atoms with Crippen LogP contribution in [0, 0.1) is 13.8 Å². The van der Waals surface area contributed by atoms with Gasteiger partial charge in [0.25, 0.3) is 5.91 Å². The van der Waals surface area contributed by atoms with Gasteiger partial charge in [-0.05, 0) is 38.4 Å². The van der Waals surface area contributed by atoms with Gasteiger partial charge in [-0.1, -0.05) is 4.49 Å². The molecule has 0 saturated carbocycles. The van der Waals surface area contributed by atoms with E-state index in [1.807, 2.05) is 6.92 Å². The average Bonchev–Trinajstić information content (AvgIpc) is 2.96. The zero-order valence-corrected chi connectivity index (χ0v) is 11.7. The minimum absolute atomic E-state index is 0.0726. The van der Waals surface area contributed by atoms with Crippen molar-refractivity contribution in [2.45, 2.75) is 26.4 Å². The monoisotopic (exact) mass is 281 g/mol. The standard InChI is InChI=1S/C12H15N3O3S/c1-7-4-9(8(2)18-7)12(3,17)6-13-11(16)10-5-19-15-14-10/h4-5,17H,6H2,1-3H3,(H,13,16)/t12-/m1/s1. The van der Waals surface area contributed by atoms with Crippen molar-refractivity contribution in [2.75, 3.05) is 6.54 Å². The highest BCUT2D eigenvalue weighted by Crippen LogP contribution is 2.26. The molecule has 1 amide bonds. The highest BCUT2D eigenvalue weighted by Gasteiger charge is 2.28. The maximum Gasteiger partial charge on any atom is 0.272 e. The lowest BCUT2D eigenvalue weighted by atomic mass is 9.96. The number of furan rings is 1. The van der Waals surface area contributed by atoms with Crippen LogP contribution in [-0.2, 0) is 5.60 Å². The first-order chi connectivity index (χ1) is 8.90. The fourth-order valence-corrected chi connectivity index (χ4v) is 2.30. The van der Waals surface area contributed by atoms with Crippen LogP contribution in [0.25, 0.3) is 0 Å². The van der Waals surface area contributed by atoms with E-state index in [2.05, 4.69) is 14.9 Å². The molecule has 2 N–H and O–H groups in total. The summed E-state index contributed by atoms with van der Waals surface area (Å²) in [5.74, 6) is 1.02. The molecule has 2 rings (SSSR count). The van der Waals surface area contributed by atoms with Crippen molar-refractivity contribution < 1.29 is 14.3 Å². The second-order valence-electron chi connectivity index (χ2n) is 4.57. The summed E-state index contributed by atoms with van der Waals surface area (Å²) >= 11 is 1.10. The Bertz CT molecular complexity index is 575. The number of aryl methyl sites for hydroxylation is 2. The molecule has 102 valence electrons. The average molecular weight is 281 g/mol. The van der Waals surface area contributed by atoms with Crippen LogP contribution in [0.3, 0.4) is 0 Å².